The smallest absolute Gasteiger partial charge is 0.242 e. The van der Waals surface area contributed by atoms with Crippen molar-refractivity contribution in [1.82, 2.24) is 20.1 Å². The summed E-state index contributed by atoms with van der Waals surface area (Å²) in [6.45, 7) is 6.57. The number of rotatable bonds is 6. The van der Waals surface area contributed by atoms with Gasteiger partial charge in [-0.15, -0.1) is 0 Å². The van der Waals surface area contributed by atoms with E-state index in [1.54, 1.807) is 4.68 Å². The molecule has 4 aliphatic rings. The predicted octanol–water partition coefficient (Wildman–Crippen LogP) is 5.83. The molecule has 2 heterocycles. The van der Waals surface area contributed by atoms with Gasteiger partial charge in [0.15, 0.2) is 5.65 Å². The molecule has 34 heavy (non-hydrogen) atoms. The molecule has 1 N–H and O–H groups in total. The van der Waals surface area contributed by atoms with E-state index >= 15 is 0 Å². The first-order chi connectivity index (χ1) is 16.4. The van der Waals surface area contributed by atoms with E-state index in [0.29, 0.717) is 5.41 Å². The van der Waals surface area contributed by atoms with Gasteiger partial charge in [0.05, 0.1) is 5.69 Å². The van der Waals surface area contributed by atoms with E-state index in [2.05, 4.69) is 48.4 Å². The maximum atomic E-state index is 13.3. The first-order valence-corrected chi connectivity index (χ1v) is 13.1. The molecule has 0 spiro atoms. The van der Waals surface area contributed by atoms with E-state index in [9.17, 15) is 4.79 Å². The first-order valence-electron chi connectivity index (χ1n) is 13.1. The van der Waals surface area contributed by atoms with Crippen molar-refractivity contribution in [2.75, 3.05) is 0 Å². The molecule has 0 radical (unpaired) electrons. The molecule has 1 aromatic carbocycles. The van der Waals surface area contributed by atoms with Crippen LogP contribution in [-0.4, -0.2) is 26.7 Å². The van der Waals surface area contributed by atoms with Crippen molar-refractivity contribution in [3.05, 3.63) is 47.8 Å². The van der Waals surface area contributed by atoms with E-state index < -0.39 is 0 Å². The Labute approximate surface area is 202 Å². The SMILES string of the molecule is CCC(NC(=O)Cn1nc(C)c2c(-c3ccc(C)cc3)ccnc21)C12CC3CC(CC(C3)C1)C2. The minimum Gasteiger partial charge on any atom is -0.351 e. The fraction of sp³-hybridized carbons (Fsp3) is 0.552. The Morgan fingerprint density at radius 3 is 2.32 bits per heavy atom. The van der Waals surface area contributed by atoms with Gasteiger partial charge in [0.25, 0.3) is 0 Å². The topological polar surface area (TPSA) is 59.8 Å². The number of hydrogen-bond acceptors (Lipinski definition) is 3. The molecule has 178 valence electrons. The van der Waals surface area contributed by atoms with Gasteiger partial charge < -0.3 is 5.32 Å². The van der Waals surface area contributed by atoms with Crippen LogP contribution in [0.3, 0.4) is 0 Å². The van der Waals surface area contributed by atoms with Crippen molar-refractivity contribution in [2.24, 2.45) is 23.2 Å². The van der Waals surface area contributed by atoms with Crippen LogP contribution in [0.5, 0.6) is 0 Å². The molecule has 4 aliphatic carbocycles. The summed E-state index contributed by atoms with van der Waals surface area (Å²) in [5.74, 6) is 2.73. The zero-order valence-electron chi connectivity index (χ0n) is 20.7. The number of aromatic nitrogens is 3. The molecule has 2 aromatic heterocycles. The van der Waals surface area contributed by atoms with Gasteiger partial charge in [0, 0.05) is 17.6 Å². The second-order valence-electron chi connectivity index (χ2n) is 11.5. The normalized spacial score (nSPS) is 28.4. The fourth-order valence-corrected chi connectivity index (χ4v) is 8.03. The highest BCUT2D eigenvalue weighted by atomic mass is 16.2. The zero-order chi connectivity index (χ0) is 23.4. The highest BCUT2D eigenvalue weighted by molar-refractivity contribution is 5.95. The summed E-state index contributed by atoms with van der Waals surface area (Å²) in [7, 11) is 0. The number of aryl methyl sites for hydroxylation is 2. The Balaban J connectivity index is 1.24. The highest BCUT2D eigenvalue weighted by Crippen LogP contribution is 2.61. The van der Waals surface area contributed by atoms with Crippen molar-refractivity contribution in [3.63, 3.8) is 0 Å². The molecule has 3 aromatic rings. The maximum absolute atomic E-state index is 13.3. The van der Waals surface area contributed by atoms with Crippen LogP contribution < -0.4 is 5.32 Å². The van der Waals surface area contributed by atoms with Crippen molar-refractivity contribution in [2.45, 2.75) is 78.3 Å². The molecule has 4 fully saturated rings. The minimum absolute atomic E-state index is 0.0644. The summed E-state index contributed by atoms with van der Waals surface area (Å²) in [6, 6.07) is 10.9. The molecular weight excluding hydrogens is 420 g/mol. The molecule has 7 rings (SSSR count). The quantitative estimate of drug-likeness (QED) is 0.508. The van der Waals surface area contributed by atoms with Crippen LogP contribution in [0.15, 0.2) is 36.5 Å². The van der Waals surface area contributed by atoms with Gasteiger partial charge in [-0.05, 0) is 99.2 Å². The monoisotopic (exact) mass is 456 g/mol. The molecule has 0 aliphatic heterocycles. The lowest BCUT2D eigenvalue weighted by Gasteiger charge is -2.59. The lowest BCUT2D eigenvalue weighted by atomic mass is 9.47. The summed E-state index contributed by atoms with van der Waals surface area (Å²) in [5, 5.41) is 9.26. The van der Waals surface area contributed by atoms with E-state index in [-0.39, 0.29) is 18.5 Å². The highest BCUT2D eigenvalue weighted by Gasteiger charge is 2.54. The third-order valence-electron chi connectivity index (χ3n) is 9.03. The van der Waals surface area contributed by atoms with Crippen molar-refractivity contribution < 1.29 is 4.79 Å². The molecule has 1 atom stereocenters. The number of amides is 1. The number of pyridine rings is 1. The van der Waals surface area contributed by atoms with Crippen LogP contribution in [-0.2, 0) is 11.3 Å². The Kier molecular flexibility index (Phi) is 5.27. The number of carbonyl (C=O) groups is 1. The Morgan fingerprint density at radius 2 is 1.71 bits per heavy atom. The second-order valence-corrected chi connectivity index (χ2v) is 11.5. The van der Waals surface area contributed by atoms with Crippen LogP contribution in [0, 0.1) is 37.0 Å². The van der Waals surface area contributed by atoms with Crippen LogP contribution in [0.1, 0.15) is 63.1 Å². The van der Waals surface area contributed by atoms with Crippen molar-refractivity contribution >= 4 is 16.9 Å². The summed E-state index contributed by atoms with van der Waals surface area (Å²) < 4.78 is 1.80. The zero-order valence-corrected chi connectivity index (χ0v) is 20.7. The van der Waals surface area contributed by atoms with Crippen LogP contribution in [0.2, 0.25) is 0 Å². The van der Waals surface area contributed by atoms with Crippen LogP contribution in [0.4, 0.5) is 0 Å². The third kappa shape index (κ3) is 3.64. The molecule has 1 amide bonds. The molecule has 5 heteroatoms. The summed E-state index contributed by atoms with van der Waals surface area (Å²) in [6.07, 6.45) is 11.0. The Morgan fingerprint density at radius 1 is 1.06 bits per heavy atom. The van der Waals surface area contributed by atoms with E-state index in [0.717, 1.165) is 52.0 Å². The number of nitrogens with zero attached hydrogens (tertiary/aromatic N) is 3. The van der Waals surface area contributed by atoms with E-state index in [1.807, 2.05) is 19.2 Å². The predicted molar refractivity (Wildman–Crippen MR) is 135 cm³/mol. The Bertz CT molecular complexity index is 1190. The second kappa shape index (κ2) is 8.21. The third-order valence-corrected chi connectivity index (χ3v) is 9.03. The lowest BCUT2D eigenvalue weighted by molar-refractivity contribution is -0.127. The van der Waals surface area contributed by atoms with Gasteiger partial charge in [0.1, 0.15) is 6.54 Å². The summed E-state index contributed by atoms with van der Waals surface area (Å²) in [4.78, 5) is 18.0. The first kappa shape index (κ1) is 21.8. The largest absolute Gasteiger partial charge is 0.351 e. The summed E-state index contributed by atoms with van der Waals surface area (Å²) in [5.41, 5.74) is 5.53. The van der Waals surface area contributed by atoms with Crippen LogP contribution >= 0.6 is 0 Å². The average molecular weight is 457 g/mol. The van der Waals surface area contributed by atoms with Gasteiger partial charge >= 0.3 is 0 Å². The minimum atomic E-state index is 0.0644. The number of benzene rings is 1. The average Bonchev–Trinajstić information content (AvgIpc) is 3.12. The molecule has 5 nitrogen and oxygen atoms in total. The molecule has 4 saturated carbocycles. The van der Waals surface area contributed by atoms with Crippen molar-refractivity contribution in [3.8, 4) is 11.1 Å². The van der Waals surface area contributed by atoms with Gasteiger partial charge in [-0.1, -0.05) is 36.8 Å². The van der Waals surface area contributed by atoms with Gasteiger partial charge in [-0.25, -0.2) is 9.67 Å². The van der Waals surface area contributed by atoms with Gasteiger partial charge in [-0.3, -0.25) is 4.79 Å². The lowest BCUT2D eigenvalue weighted by Crippen LogP contribution is -2.57. The Hall–Kier alpha value is -2.69. The number of carbonyl (C=O) groups excluding carboxylic acids is 1. The number of fused-ring (bicyclic) bond motifs is 1. The molecule has 1 unspecified atom stereocenters. The molecular formula is C29H36N4O. The maximum Gasteiger partial charge on any atom is 0.242 e. The van der Waals surface area contributed by atoms with Gasteiger partial charge in [-0.2, -0.15) is 5.10 Å². The number of hydrogen-bond donors (Lipinski definition) is 1. The standard InChI is InChI=1S/C29H36N4O/c1-4-25(29-14-20-11-21(15-29)13-22(12-20)16-29)31-26(34)17-33-28-27(19(3)32-33)24(9-10-30-28)23-7-5-18(2)6-8-23/h5-10,20-22,25H,4,11-17H2,1-3H3,(H,31,34). The molecule has 4 bridgehead atoms. The number of nitrogens with one attached hydrogen (secondary N) is 1. The van der Waals surface area contributed by atoms with Gasteiger partial charge in [0.2, 0.25) is 5.91 Å². The van der Waals surface area contributed by atoms with E-state index in [1.165, 1.54) is 44.1 Å². The molecule has 0 saturated heterocycles. The van der Waals surface area contributed by atoms with Crippen molar-refractivity contribution in [1.29, 1.82) is 0 Å². The summed E-state index contributed by atoms with van der Waals surface area (Å²) >= 11 is 0. The van der Waals surface area contributed by atoms with Crippen LogP contribution in [0.25, 0.3) is 22.2 Å². The fourth-order valence-electron chi connectivity index (χ4n) is 8.03. The van der Waals surface area contributed by atoms with E-state index in [4.69, 9.17) is 5.10 Å².